The van der Waals surface area contributed by atoms with Crippen LogP contribution in [0.4, 0.5) is 0 Å². The highest BCUT2D eigenvalue weighted by Crippen LogP contribution is 2.26. The van der Waals surface area contributed by atoms with Crippen molar-refractivity contribution in [3.8, 4) is 0 Å². The second-order valence-electron chi connectivity index (χ2n) is 5.70. The van der Waals surface area contributed by atoms with Crippen molar-refractivity contribution in [2.24, 2.45) is 5.41 Å². The zero-order valence-electron chi connectivity index (χ0n) is 11.4. The second-order valence-corrected chi connectivity index (χ2v) is 5.70. The SMILES string of the molecule is COC(=O)C(C)(C)C(=O)N1CCN2CCCC2C1. The van der Waals surface area contributed by atoms with E-state index in [0.29, 0.717) is 6.04 Å². The zero-order valence-corrected chi connectivity index (χ0v) is 11.4. The first-order chi connectivity index (χ1) is 8.46. The maximum absolute atomic E-state index is 12.4. The molecule has 0 aromatic rings. The molecule has 1 atom stereocenters. The number of rotatable bonds is 2. The predicted octanol–water partition coefficient (Wildman–Crippen LogP) is 0.492. The van der Waals surface area contributed by atoms with Gasteiger partial charge in [0.15, 0.2) is 0 Å². The van der Waals surface area contributed by atoms with Gasteiger partial charge >= 0.3 is 5.97 Å². The fraction of sp³-hybridized carbons (Fsp3) is 0.846. The van der Waals surface area contributed by atoms with E-state index < -0.39 is 11.4 Å². The van der Waals surface area contributed by atoms with Gasteiger partial charge in [0.2, 0.25) is 5.91 Å². The topological polar surface area (TPSA) is 49.9 Å². The molecular formula is C13H22N2O3. The first-order valence-electron chi connectivity index (χ1n) is 6.58. The number of carbonyl (C=O) groups excluding carboxylic acids is 2. The largest absolute Gasteiger partial charge is 0.468 e. The molecule has 0 saturated carbocycles. The van der Waals surface area contributed by atoms with Gasteiger partial charge in [-0.2, -0.15) is 0 Å². The lowest BCUT2D eigenvalue weighted by Gasteiger charge is -2.40. The Kier molecular flexibility index (Phi) is 3.61. The third-order valence-corrected chi connectivity index (χ3v) is 4.10. The number of methoxy groups -OCH3 is 1. The number of hydrogen-bond acceptors (Lipinski definition) is 4. The van der Waals surface area contributed by atoms with Crippen LogP contribution < -0.4 is 0 Å². The van der Waals surface area contributed by atoms with Gasteiger partial charge in [0.25, 0.3) is 0 Å². The number of hydrogen-bond donors (Lipinski definition) is 0. The molecule has 0 aromatic heterocycles. The first kappa shape index (κ1) is 13.3. The minimum atomic E-state index is -1.07. The summed E-state index contributed by atoms with van der Waals surface area (Å²) >= 11 is 0. The van der Waals surface area contributed by atoms with Crippen LogP contribution in [-0.2, 0) is 14.3 Å². The van der Waals surface area contributed by atoms with Gasteiger partial charge in [-0.15, -0.1) is 0 Å². The number of esters is 1. The van der Waals surface area contributed by atoms with Crippen molar-refractivity contribution in [1.82, 2.24) is 9.80 Å². The molecule has 0 N–H and O–H groups in total. The Morgan fingerprint density at radius 3 is 2.61 bits per heavy atom. The third-order valence-electron chi connectivity index (χ3n) is 4.10. The summed E-state index contributed by atoms with van der Waals surface area (Å²) in [6.45, 7) is 6.82. The van der Waals surface area contributed by atoms with Crippen LogP contribution >= 0.6 is 0 Å². The quantitative estimate of drug-likeness (QED) is 0.531. The summed E-state index contributed by atoms with van der Waals surface area (Å²) in [4.78, 5) is 28.3. The van der Waals surface area contributed by atoms with Gasteiger partial charge in [0, 0.05) is 25.7 Å². The smallest absolute Gasteiger partial charge is 0.320 e. The molecule has 5 heteroatoms. The fourth-order valence-corrected chi connectivity index (χ4v) is 2.91. The molecule has 102 valence electrons. The molecule has 5 nitrogen and oxygen atoms in total. The van der Waals surface area contributed by atoms with Crippen LogP contribution in [0.3, 0.4) is 0 Å². The monoisotopic (exact) mass is 254 g/mol. The highest BCUT2D eigenvalue weighted by molar-refractivity contribution is 6.01. The minimum absolute atomic E-state index is 0.110. The van der Waals surface area contributed by atoms with E-state index in [0.717, 1.165) is 32.6 Å². The van der Waals surface area contributed by atoms with Crippen LogP contribution in [0.5, 0.6) is 0 Å². The molecule has 2 fully saturated rings. The minimum Gasteiger partial charge on any atom is -0.468 e. The summed E-state index contributed by atoms with van der Waals surface area (Å²) in [5.74, 6) is -0.567. The van der Waals surface area contributed by atoms with E-state index in [1.165, 1.54) is 13.5 Å². The van der Waals surface area contributed by atoms with Gasteiger partial charge < -0.3 is 9.64 Å². The van der Waals surface area contributed by atoms with E-state index in [1.54, 1.807) is 13.8 Å². The average Bonchev–Trinajstić information content (AvgIpc) is 2.83. The summed E-state index contributed by atoms with van der Waals surface area (Å²) in [5, 5.41) is 0. The predicted molar refractivity (Wildman–Crippen MR) is 67.0 cm³/mol. The van der Waals surface area contributed by atoms with E-state index in [2.05, 4.69) is 4.90 Å². The van der Waals surface area contributed by atoms with Crippen molar-refractivity contribution in [3.63, 3.8) is 0 Å². The highest BCUT2D eigenvalue weighted by atomic mass is 16.5. The summed E-state index contributed by atoms with van der Waals surface area (Å²) < 4.78 is 4.72. The molecule has 0 aromatic carbocycles. The van der Waals surface area contributed by atoms with Crippen molar-refractivity contribution < 1.29 is 14.3 Å². The van der Waals surface area contributed by atoms with E-state index in [4.69, 9.17) is 4.74 Å². The molecule has 1 unspecified atom stereocenters. The van der Waals surface area contributed by atoms with Crippen molar-refractivity contribution in [2.45, 2.75) is 32.7 Å². The van der Waals surface area contributed by atoms with E-state index in [9.17, 15) is 9.59 Å². The summed E-state index contributed by atoms with van der Waals surface area (Å²) in [6, 6.07) is 0.483. The fourth-order valence-electron chi connectivity index (χ4n) is 2.91. The molecular weight excluding hydrogens is 232 g/mol. The van der Waals surface area contributed by atoms with Gasteiger partial charge in [-0.3, -0.25) is 14.5 Å². The lowest BCUT2D eigenvalue weighted by atomic mass is 9.91. The van der Waals surface area contributed by atoms with Crippen LogP contribution in [0.1, 0.15) is 26.7 Å². The van der Waals surface area contributed by atoms with E-state index in [-0.39, 0.29) is 5.91 Å². The number of fused-ring (bicyclic) bond motifs is 1. The van der Waals surface area contributed by atoms with Gasteiger partial charge in [0.05, 0.1) is 7.11 Å². The third kappa shape index (κ3) is 2.23. The number of nitrogens with zero attached hydrogens (tertiary/aromatic N) is 2. The Morgan fingerprint density at radius 1 is 1.22 bits per heavy atom. The normalized spacial score (nSPS) is 24.8. The Bertz CT molecular complexity index is 354. The van der Waals surface area contributed by atoms with Crippen LogP contribution in [0.25, 0.3) is 0 Å². The highest BCUT2D eigenvalue weighted by Gasteiger charge is 2.43. The van der Waals surface area contributed by atoms with Gasteiger partial charge in [-0.25, -0.2) is 0 Å². The Balaban J connectivity index is 2.03. The molecule has 2 heterocycles. The van der Waals surface area contributed by atoms with Crippen LogP contribution in [0.15, 0.2) is 0 Å². The lowest BCUT2D eigenvalue weighted by molar-refractivity contribution is -0.162. The van der Waals surface area contributed by atoms with E-state index >= 15 is 0 Å². The molecule has 0 radical (unpaired) electrons. The maximum atomic E-state index is 12.4. The Labute approximate surface area is 108 Å². The second kappa shape index (κ2) is 4.88. The van der Waals surface area contributed by atoms with Crippen LogP contribution in [-0.4, -0.2) is 61.0 Å². The standard InChI is InChI=1S/C13H22N2O3/c1-13(2,12(17)18-3)11(16)15-8-7-14-6-4-5-10(14)9-15/h10H,4-9H2,1-3H3. The molecule has 1 amide bonds. The summed E-state index contributed by atoms with van der Waals surface area (Å²) in [5.41, 5.74) is -1.07. The number of amides is 1. The summed E-state index contributed by atoms with van der Waals surface area (Å²) in [7, 11) is 1.33. The van der Waals surface area contributed by atoms with Crippen LogP contribution in [0.2, 0.25) is 0 Å². The van der Waals surface area contributed by atoms with Crippen molar-refractivity contribution in [3.05, 3.63) is 0 Å². The Morgan fingerprint density at radius 2 is 1.94 bits per heavy atom. The molecule has 0 bridgehead atoms. The van der Waals surface area contributed by atoms with Crippen LogP contribution in [0, 0.1) is 5.41 Å². The molecule has 2 aliphatic rings. The van der Waals surface area contributed by atoms with Crippen molar-refractivity contribution >= 4 is 11.9 Å². The Hall–Kier alpha value is -1.10. The van der Waals surface area contributed by atoms with Crippen molar-refractivity contribution in [1.29, 1.82) is 0 Å². The molecule has 2 rings (SSSR count). The van der Waals surface area contributed by atoms with E-state index in [1.807, 2.05) is 4.90 Å². The zero-order chi connectivity index (χ0) is 13.3. The molecule has 2 aliphatic heterocycles. The lowest BCUT2D eigenvalue weighted by Crippen LogP contribution is -2.56. The molecule has 2 saturated heterocycles. The first-order valence-corrected chi connectivity index (χ1v) is 6.58. The van der Waals surface area contributed by atoms with Gasteiger partial charge in [-0.1, -0.05) is 0 Å². The van der Waals surface area contributed by atoms with Gasteiger partial charge in [0.1, 0.15) is 5.41 Å². The van der Waals surface area contributed by atoms with Crippen molar-refractivity contribution in [2.75, 3.05) is 33.3 Å². The molecule has 0 spiro atoms. The average molecular weight is 254 g/mol. The molecule has 18 heavy (non-hydrogen) atoms. The van der Waals surface area contributed by atoms with Gasteiger partial charge in [-0.05, 0) is 33.2 Å². The maximum Gasteiger partial charge on any atom is 0.320 e. The molecule has 0 aliphatic carbocycles. The number of carbonyl (C=O) groups is 2. The number of piperazine rings is 1. The number of ether oxygens (including phenoxy) is 1. The summed E-state index contributed by atoms with van der Waals surface area (Å²) in [6.07, 6.45) is 2.37.